The summed E-state index contributed by atoms with van der Waals surface area (Å²) in [6.45, 7) is 10.0. The van der Waals surface area contributed by atoms with Crippen LogP contribution in [0.25, 0.3) is 0 Å². The van der Waals surface area contributed by atoms with Crippen molar-refractivity contribution in [2.75, 3.05) is 0 Å². The third-order valence-electron chi connectivity index (χ3n) is 3.28. The molecule has 0 aliphatic rings. The number of nitrogens with zero attached hydrogens (tertiary/aromatic N) is 1. The largest absolute Gasteiger partial charge is 0.346 e. The van der Waals surface area contributed by atoms with E-state index in [2.05, 4.69) is 4.72 Å². The lowest BCUT2D eigenvalue weighted by atomic mass is 10.0. The monoisotopic (exact) mass is 287 g/mol. The molecule has 0 amide bonds. The van der Waals surface area contributed by atoms with Crippen LogP contribution in [-0.2, 0) is 16.6 Å². The fourth-order valence-electron chi connectivity index (χ4n) is 1.78. The van der Waals surface area contributed by atoms with Crippen molar-refractivity contribution >= 4 is 10.0 Å². The summed E-state index contributed by atoms with van der Waals surface area (Å²) in [6.07, 6.45) is 2.38. The molecule has 0 atom stereocenters. The van der Waals surface area contributed by atoms with Crippen molar-refractivity contribution in [2.24, 2.45) is 5.73 Å². The van der Waals surface area contributed by atoms with Gasteiger partial charge in [0.2, 0.25) is 10.0 Å². The van der Waals surface area contributed by atoms with Gasteiger partial charge in [0.1, 0.15) is 0 Å². The van der Waals surface area contributed by atoms with Crippen molar-refractivity contribution < 1.29 is 8.42 Å². The molecule has 6 heteroatoms. The SMILES string of the molecule is CCC(C)(C)NS(=O)(=O)c1cc(CN)n(C(C)C)c1. The summed E-state index contributed by atoms with van der Waals surface area (Å²) >= 11 is 0. The second-order valence-corrected chi connectivity index (χ2v) is 7.40. The van der Waals surface area contributed by atoms with Crippen LogP contribution in [-0.4, -0.2) is 18.5 Å². The molecule has 1 heterocycles. The molecular formula is C13H25N3O2S. The highest BCUT2D eigenvalue weighted by Gasteiger charge is 2.26. The number of hydrogen-bond donors (Lipinski definition) is 2. The quantitative estimate of drug-likeness (QED) is 0.840. The predicted octanol–water partition coefficient (Wildman–Crippen LogP) is 1.99. The van der Waals surface area contributed by atoms with Crippen LogP contribution < -0.4 is 10.5 Å². The molecule has 1 aromatic heterocycles. The molecule has 0 fully saturated rings. The Morgan fingerprint density at radius 1 is 1.42 bits per heavy atom. The highest BCUT2D eigenvalue weighted by Crippen LogP contribution is 2.20. The van der Waals surface area contributed by atoms with Crippen LogP contribution in [0.15, 0.2) is 17.2 Å². The van der Waals surface area contributed by atoms with Crippen LogP contribution in [0.3, 0.4) is 0 Å². The number of hydrogen-bond acceptors (Lipinski definition) is 3. The molecule has 110 valence electrons. The lowest BCUT2D eigenvalue weighted by molar-refractivity contribution is 0.439. The molecule has 0 radical (unpaired) electrons. The van der Waals surface area contributed by atoms with Crippen LogP contribution in [0.1, 0.15) is 52.8 Å². The molecule has 0 spiro atoms. The number of aromatic nitrogens is 1. The Morgan fingerprint density at radius 3 is 2.37 bits per heavy atom. The van der Waals surface area contributed by atoms with E-state index in [4.69, 9.17) is 5.73 Å². The summed E-state index contributed by atoms with van der Waals surface area (Å²) in [5.41, 5.74) is 6.03. The minimum Gasteiger partial charge on any atom is -0.346 e. The van der Waals surface area contributed by atoms with Crippen molar-refractivity contribution in [1.29, 1.82) is 0 Å². The summed E-state index contributed by atoms with van der Waals surface area (Å²) < 4.78 is 29.3. The van der Waals surface area contributed by atoms with Gasteiger partial charge in [-0.1, -0.05) is 6.92 Å². The molecule has 19 heavy (non-hydrogen) atoms. The Kier molecular flexibility index (Phi) is 4.81. The molecule has 0 bridgehead atoms. The highest BCUT2D eigenvalue weighted by molar-refractivity contribution is 7.89. The smallest absolute Gasteiger partial charge is 0.242 e. The lowest BCUT2D eigenvalue weighted by Crippen LogP contribution is -2.42. The van der Waals surface area contributed by atoms with Crippen molar-refractivity contribution in [3.63, 3.8) is 0 Å². The minimum absolute atomic E-state index is 0.182. The van der Waals surface area contributed by atoms with E-state index in [-0.39, 0.29) is 10.9 Å². The van der Waals surface area contributed by atoms with Gasteiger partial charge in [0.05, 0.1) is 4.90 Å². The second-order valence-electron chi connectivity index (χ2n) is 5.72. The number of rotatable bonds is 6. The predicted molar refractivity (Wildman–Crippen MR) is 77.4 cm³/mol. The van der Waals surface area contributed by atoms with Crippen LogP contribution >= 0.6 is 0 Å². The van der Waals surface area contributed by atoms with E-state index in [9.17, 15) is 8.42 Å². The molecule has 3 N–H and O–H groups in total. The van der Waals surface area contributed by atoms with Crippen molar-refractivity contribution in [3.05, 3.63) is 18.0 Å². The summed E-state index contributed by atoms with van der Waals surface area (Å²) in [5.74, 6) is 0. The van der Waals surface area contributed by atoms with E-state index in [0.717, 1.165) is 12.1 Å². The topological polar surface area (TPSA) is 77.1 Å². The first-order chi connectivity index (χ1) is 8.63. The normalized spacial score (nSPS) is 13.2. The minimum atomic E-state index is -3.50. The van der Waals surface area contributed by atoms with Gasteiger partial charge in [0, 0.05) is 30.0 Å². The molecule has 0 saturated carbocycles. The number of nitrogens with two attached hydrogens (primary N) is 1. The van der Waals surface area contributed by atoms with Gasteiger partial charge in [-0.25, -0.2) is 13.1 Å². The van der Waals surface area contributed by atoms with Gasteiger partial charge in [-0.15, -0.1) is 0 Å². The lowest BCUT2D eigenvalue weighted by Gasteiger charge is -2.23. The third kappa shape index (κ3) is 3.81. The summed E-state index contributed by atoms with van der Waals surface area (Å²) in [6, 6.07) is 1.83. The van der Waals surface area contributed by atoms with Gasteiger partial charge in [-0.3, -0.25) is 0 Å². The van der Waals surface area contributed by atoms with Crippen LogP contribution in [0.4, 0.5) is 0 Å². The van der Waals surface area contributed by atoms with E-state index >= 15 is 0 Å². The van der Waals surface area contributed by atoms with Gasteiger partial charge in [0.25, 0.3) is 0 Å². The van der Waals surface area contributed by atoms with Crippen LogP contribution in [0.2, 0.25) is 0 Å². The van der Waals surface area contributed by atoms with Gasteiger partial charge in [-0.2, -0.15) is 0 Å². The maximum atomic E-state index is 12.3. The summed E-state index contributed by atoms with van der Waals surface area (Å²) in [5, 5.41) is 0. The molecule has 1 rings (SSSR count). The Labute approximate surface area is 116 Å². The van der Waals surface area contributed by atoms with E-state index in [1.165, 1.54) is 0 Å². The Bertz CT molecular complexity index is 530. The van der Waals surface area contributed by atoms with Crippen molar-refractivity contribution in [2.45, 2.75) is 64.1 Å². The van der Waals surface area contributed by atoms with Gasteiger partial charge >= 0.3 is 0 Å². The number of nitrogens with one attached hydrogen (secondary N) is 1. The number of sulfonamides is 1. The average Bonchev–Trinajstić information content (AvgIpc) is 2.72. The zero-order valence-electron chi connectivity index (χ0n) is 12.4. The first-order valence-electron chi connectivity index (χ1n) is 6.57. The van der Waals surface area contributed by atoms with Crippen LogP contribution in [0, 0.1) is 0 Å². The van der Waals surface area contributed by atoms with E-state index in [1.54, 1.807) is 12.3 Å². The fourth-order valence-corrected chi connectivity index (χ4v) is 3.32. The van der Waals surface area contributed by atoms with E-state index < -0.39 is 15.6 Å². The zero-order chi connectivity index (χ0) is 14.8. The fraction of sp³-hybridized carbons (Fsp3) is 0.692. The molecule has 0 saturated heterocycles. The molecule has 1 aromatic rings. The first kappa shape index (κ1) is 16.2. The molecule has 5 nitrogen and oxygen atoms in total. The summed E-state index contributed by atoms with van der Waals surface area (Å²) in [4.78, 5) is 0.281. The molecule has 0 aromatic carbocycles. The Morgan fingerprint density at radius 2 is 2.00 bits per heavy atom. The Balaban J connectivity index is 3.16. The van der Waals surface area contributed by atoms with E-state index in [0.29, 0.717) is 6.54 Å². The highest BCUT2D eigenvalue weighted by atomic mass is 32.2. The van der Waals surface area contributed by atoms with Crippen molar-refractivity contribution in [1.82, 2.24) is 9.29 Å². The van der Waals surface area contributed by atoms with Gasteiger partial charge in [0.15, 0.2) is 0 Å². The van der Waals surface area contributed by atoms with Gasteiger partial charge in [-0.05, 0) is 40.2 Å². The average molecular weight is 287 g/mol. The van der Waals surface area contributed by atoms with Crippen LogP contribution in [0.5, 0.6) is 0 Å². The van der Waals surface area contributed by atoms with Gasteiger partial charge < -0.3 is 10.3 Å². The second kappa shape index (κ2) is 5.64. The molecule has 0 aliphatic carbocycles. The first-order valence-corrected chi connectivity index (χ1v) is 8.06. The maximum Gasteiger partial charge on any atom is 0.242 e. The zero-order valence-corrected chi connectivity index (χ0v) is 13.2. The standard InChI is InChI=1S/C13H25N3O2S/c1-6-13(4,5)15-19(17,18)12-7-11(8-14)16(9-12)10(2)3/h7,9-10,15H,6,8,14H2,1-5H3. The van der Waals surface area contributed by atoms with E-state index in [1.807, 2.05) is 39.2 Å². The molecule has 0 aliphatic heterocycles. The Hall–Kier alpha value is -0.850. The molecular weight excluding hydrogens is 262 g/mol. The maximum absolute atomic E-state index is 12.3. The third-order valence-corrected chi connectivity index (χ3v) is 4.94. The molecule has 0 unspecified atom stereocenters. The summed E-state index contributed by atoms with van der Waals surface area (Å²) in [7, 11) is -3.50. The van der Waals surface area contributed by atoms with Crippen molar-refractivity contribution in [3.8, 4) is 0 Å².